The average molecular weight is 332 g/mol. The van der Waals surface area contributed by atoms with Gasteiger partial charge in [-0.25, -0.2) is 9.07 Å². The highest BCUT2D eigenvalue weighted by Crippen LogP contribution is 2.25. The molecule has 2 aromatic rings. The molecule has 1 aliphatic heterocycles. The van der Waals surface area contributed by atoms with E-state index in [1.54, 1.807) is 4.68 Å². The minimum absolute atomic E-state index is 0.0613. The van der Waals surface area contributed by atoms with E-state index in [0.717, 1.165) is 11.4 Å². The summed E-state index contributed by atoms with van der Waals surface area (Å²) in [5.74, 6) is -0.187. The maximum absolute atomic E-state index is 14.3. The first-order valence-electron chi connectivity index (χ1n) is 8.06. The number of halogens is 1. The van der Waals surface area contributed by atoms with Gasteiger partial charge in [0.25, 0.3) is 0 Å². The van der Waals surface area contributed by atoms with Crippen LogP contribution in [0.2, 0.25) is 0 Å². The van der Waals surface area contributed by atoms with E-state index in [2.05, 4.69) is 10.3 Å². The molecule has 24 heavy (non-hydrogen) atoms. The van der Waals surface area contributed by atoms with Crippen LogP contribution in [0.1, 0.15) is 24.2 Å². The second-order valence-electron chi connectivity index (χ2n) is 6.27. The monoisotopic (exact) mass is 332 g/mol. The van der Waals surface area contributed by atoms with Gasteiger partial charge in [-0.05, 0) is 31.9 Å². The van der Waals surface area contributed by atoms with Gasteiger partial charge in [0, 0.05) is 6.54 Å². The number of aliphatic hydroxyl groups excluding tert-OH is 1. The molecule has 1 atom stereocenters. The van der Waals surface area contributed by atoms with Gasteiger partial charge in [0.1, 0.15) is 0 Å². The summed E-state index contributed by atoms with van der Waals surface area (Å²) in [6.45, 7) is 1.75. The lowest BCUT2D eigenvalue weighted by molar-refractivity contribution is -0.135. The fourth-order valence-corrected chi connectivity index (χ4v) is 3.02. The molecule has 0 bridgehead atoms. The summed E-state index contributed by atoms with van der Waals surface area (Å²) in [4.78, 5) is 13.9. The summed E-state index contributed by atoms with van der Waals surface area (Å²) in [5, 5.41) is 17.4. The Labute approximate surface area is 139 Å². The first-order valence-corrected chi connectivity index (χ1v) is 8.06. The van der Waals surface area contributed by atoms with Crippen LogP contribution in [0.3, 0.4) is 0 Å². The van der Waals surface area contributed by atoms with E-state index >= 15 is 0 Å². The third-order valence-corrected chi connectivity index (χ3v) is 4.47. The highest BCUT2D eigenvalue weighted by molar-refractivity contribution is 5.78. The molecule has 1 aromatic carbocycles. The van der Waals surface area contributed by atoms with Crippen LogP contribution >= 0.6 is 0 Å². The molecule has 1 fully saturated rings. The summed E-state index contributed by atoms with van der Waals surface area (Å²) in [6, 6.07) is 9.56. The van der Waals surface area contributed by atoms with Crippen LogP contribution in [-0.4, -0.2) is 56.3 Å². The number of nitrogens with zero attached hydrogens (tertiary/aromatic N) is 4. The van der Waals surface area contributed by atoms with Crippen LogP contribution in [-0.2, 0) is 11.2 Å². The van der Waals surface area contributed by atoms with Crippen molar-refractivity contribution in [1.82, 2.24) is 19.9 Å². The van der Waals surface area contributed by atoms with Gasteiger partial charge in [-0.3, -0.25) is 4.79 Å². The Morgan fingerprint density at radius 1 is 1.38 bits per heavy atom. The standard InChI is InChI=1S/C17H21FN4O2/c1-13-15(19-20-22(13)14-6-3-2-4-7-14)10-16(24)21-9-5-8-17(18,11-21)12-23/h2-4,6-7,23H,5,8-12H2,1H3. The number of aliphatic hydroxyl groups is 1. The van der Waals surface area contributed by atoms with Crippen molar-refractivity contribution >= 4 is 5.91 Å². The molecular weight excluding hydrogens is 311 g/mol. The van der Waals surface area contributed by atoms with Crippen molar-refractivity contribution < 1.29 is 14.3 Å². The second-order valence-corrected chi connectivity index (χ2v) is 6.27. The molecule has 1 aliphatic rings. The molecule has 0 radical (unpaired) electrons. The first kappa shape index (κ1) is 16.6. The van der Waals surface area contributed by atoms with E-state index in [-0.39, 0.29) is 25.3 Å². The van der Waals surface area contributed by atoms with Crippen LogP contribution < -0.4 is 0 Å². The molecule has 0 spiro atoms. The zero-order chi connectivity index (χ0) is 17.2. The number of carbonyl (C=O) groups is 1. The van der Waals surface area contributed by atoms with Crippen LogP contribution in [0.4, 0.5) is 4.39 Å². The van der Waals surface area contributed by atoms with E-state index < -0.39 is 12.3 Å². The highest BCUT2D eigenvalue weighted by atomic mass is 19.1. The van der Waals surface area contributed by atoms with Crippen molar-refractivity contribution in [2.45, 2.75) is 31.9 Å². The van der Waals surface area contributed by atoms with Gasteiger partial charge in [0.2, 0.25) is 5.91 Å². The quantitative estimate of drug-likeness (QED) is 0.920. The topological polar surface area (TPSA) is 71.2 Å². The Morgan fingerprint density at radius 2 is 2.12 bits per heavy atom. The Bertz CT molecular complexity index is 719. The molecule has 1 unspecified atom stereocenters. The van der Waals surface area contributed by atoms with Crippen molar-refractivity contribution in [2.24, 2.45) is 0 Å². The van der Waals surface area contributed by atoms with Gasteiger partial charge in [-0.1, -0.05) is 23.4 Å². The highest BCUT2D eigenvalue weighted by Gasteiger charge is 2.36. The summed E-state index contributed by atoms with van der Waals surface area (Å²) in [7, 11) is 0. The van der Waals surface area contributed by atoms with Gasteiger partial charge in [0.05, 0.1) is 36.6 Å². The number of aromatic nitrogens is 3. The minimum Gasteiger partial charge on any atom is -0.393 e. The SMILES string of the molecule is Cc1c(CC(=O)N2CCCC(F)(CO)C2)nnn1-c1ccccc1. The van der Waals surface area contributed by atoms with Gasteiger partial charge < -0.3 is 10.0 Å². The van der Waals surface area contributed by atoms with Crippen LogP contribution in [0, 0.1) is 6.92 Å². The number of rotatable bonds is 4. The number of para-hydroxylation sites is 1. The van der Waals surface area contributed by atoms with E-state index in [9.17, 15) is 14.3 Å². The molecule has 2 heterocycles. The number of amides is 1. The third kappa shape index (κ3) is 3.31. The Hall–Kier alpha value is -2.28. The van der Waals surface area contributed by atoms with Gasteiger partial charge >= 0.3 is 0 Å². The van der Waals surface area contributed by atoms with Crippen molar-refractivity contribution in [2.75, 3.05) is 19.7 Å². The van der Waals surface area contributed by atoms with E-state index in [0.29, 0.717) is 18.7 Å². The maximum atomic E-state index is 14.3. The number of likely N-dealkylation sites (tertiary alicyclic amines) is 1. The van der Waals surface area contributed by atoms with Gasteiger partial charge in [-0.2, -0.15) is 0 Å². The predicted octanol–water partition coefficient (Wildman–Crippen LogP) is 1.44. The lowest BCUT2D eigenvalue weighted by atomic mass is 9.95. The van der Waals surface area contributed by atoms with Crippen molar-refractivity contribution in [3.63, 3.8) is 0 Å². The molecule has 3 rings (SSSR count). The van der Waals surface area contributed by atoms with Crippen LogP contribution in [0.25, 0.3) is 5.69 Å². The second kappa shape index (κ2) is 6.68. The smallest absolute Gasteiger partial charge is 0.228 e. The molecule has 1 amide bonds. The zero-order valence-corrected chi connectivity index (χ0v) is 13.7. The predicted molar refractivity (Wildman–Crippen MR) is 86.5 cm³/mol. The molecule has 1 aromatic heterocycles. The van der Waals surface area contributed by atoms with E-state index in [4.69, 9.17) is 0 Å². The minimum atomic E-state index is -1.69. The number of piperidine rings is 1. The molecule has 0 saturated carbocycles. The number of carbonyl (C=O) groups excluding carboxylic acids is 1. The Balaban J connectivity index is 1.73. The van der Waals surface area contributed by atoms with Crippen molar-refractivity contribution in [3.05, 3.63) is 41.7 Å². The lowest BCUT2D eigenvalue weighted by Crippen LogP contribution is -2.50. The normalized spacial score (nSPS) is 21.0. The number of hydrogen-bond acceptors (Lipinski definition) is 4. The molecule has 7 heteroatoms. The van der Waals surface area contributed by atoms with E-state index in [1.807, 2.05) is 37.3 Å². The van der Waals surface area contributed by atoms with E-state index in [1.165, 1.54) is 4.90 Å². The molecule has 128 valence electrons. The molecular formula is C17H21FN4O2. The van der Waals surface area contributed by atoms with Crippen LogP contribution in [0.15, 0.2) is 30.3 Å². The van der Waals surface area contributed by atoms with Gasteiger partial charge in [-0.15, -0.1) is 5.10 Å². The molecule has 1 saturated heterocycles. The molecule has 0 aliphatic carbocycles. The number of hydrogen-bond donors (Lipinski definition) is 1. The van der Waals surface area contributed by atoms with Crippen molar-refractivity contribution in [3.8, 4) is 5.69 Å². The Morgan fingerprint density at radius 3 is 2.83 bits per heavy atom. The zero-order valence-electron chi connectivity index (χ0n) is 13.7. The number of benzene rings is 1. The number of alkyl halides is 1. The Kier molecular flexibility index (Phi) is 4.62. The average Bonchev–Trinajstić information content (AvgIpc) is 2.96. The summed E-state index contributed by atoms with van der Waals surface area (Å²) in [6.07, 6.45) is 0.926. The summed E-state index contributed by atoms with van der Waals surface area (Å²) in [5.41, 5.74) is 0.565. The largest absolute Gasteiger partial charge is 0.393 e. The maximum Gasteiger partial charge on any atom is 0.228 e. The fourth-order valence-electron chi connectivity index (χ4n) is 3.02. The lowest BCUT2D eigenvalue weighted by Gasteiger charge is -2.36. The summed E-state index contributed by atoms with van der Waals surface area (Å²) < 4.78 is 16.0. The third-order valence-electron chi connectivity index (χ3n) is 4.47. The van der Waals surface area contributed by atoms with Crippen LogP contribution in [0.5, 0.6) is 0 Å². The summed E-state index contributed by atoms with van der Waals surface area (Å²) >= 11 is 0. The first-order chi connectivity index (χ1) is 11.5. The molecule has 1 N–H and O–H groups in total. The van der Waals surface area contributed by atoms with Crippen molar-refractivity contribution in [1.29, 1.82) is 0 Å². The molecule has 6 nitrogen and oxygen atoms in total. The fraction of sp³-hybridized carbons (Fsp3) is 0.471. The van der Waals surface area contributed by atoms with Gasteiger partial charge in [0.15, 0.2) is 5.67 Å².